The third-order valence-electron chi connectivity index (χ3n) is 3.91. The van der Waals surface area contributed by atoms with Gasteiger partial charge in [0.25, 0.3) is 5.91 Å². The van der Waals surface area contributed by atoms with Gasteiger partial charge < -0.3 is 15.7 Å². The number of carboxylic acids is 1. The Balaban J connectivity index is 2.06. The van der Waals surface area contributed by atoms with Gasteiger partial charge in [0.1, 0.15) is 5.54 Å². The number of amides is 2. The molecular formula is C11H16N4O4. The molecule has 2 rings (SSSR count). The highest BCUT2D eigenvalue weighted by Gasteiger charge is 2.70. The lowest BCUT2D eigenvalue weighted by molar-refractivity contribution is -0.144. The van der Waals surface area contributed by atoms with Gasteiger partial charge in [-0.3, -0.25) is 24.7 Å². The number of hydrogen-bond acceptors (Lipinski definition) is 4. The molecule has 1 saturated carbocycles. The number of nitrogens with zero attached hydrogens (tertiary/aromatic N) is 2. The number of guanidine groups is 1. The van der Waals surface area contributed by atoms with Crippen LogP contribution in [0.25, 0.3) is 0 Å². The second-order valence-electron chi connectivity index (χ2n) is 4.97. The molecule has 2 unspecified atom stereocenters. The van der Waals surface area contributed by atoms with Gasteiger partial charge in [-0.25, -0.2) is 0 Å². The number of carbonyl (C=O) groups excluding carboxylic acids is 2. The SMILES string of the molecule is CN(C(=O)CCC(=O)O)C12CC1CN(C(=N)N)C2=O. The zero-order valence-corrected chi connectivity index (χ0v) is 10.5. The highest BCUT2D eigenvalue weighted by atomic mass is 16.4. The minimum absolute atomic E-state index is 0.0114. The van der Waals surface area contributed by atoms with Gasteiger partial charge in [-0.1, -0.05) is 0 Å². The minimum Gasteiger partial charge on any atom is -0.481 e. The van der Waals surface area contributed by atoms with E-state index in [0.29, 0.717) is 13.0 Å². The summed E-state index contributed by atoms with van der Waals surface area (Å²) in [6.07, 6.45) is 0.174. The topological polar surface area (TPSA) is 128 Å². The Bertz CT molecular complexity index is 477. The molecule has 2 amide bonds. The molecule has 0 aromatic heterocycles. The molecule has 0 aromatic carbocycles. The molecule has 4 N–H and O–H groups in total. The molecule has 0 radical (unpaired) electrons. The first-order valence-corrected chi connectivity index (χ1v) is 5.95. The normalized spacial score (nSPS) is 27.9. The van der Waals surface area contributed by atoms with Crippen LogP contribution in [0.3, 0.4) is 0 Å². The molecule has 1 heterocycles. The third kappa shape index (κ3) is 1.92. The molecule has 0 spiro atoms. The average Bonchev–Trinajstić information content (AvgIpc) is 2.99. The van der Waals surface area contributed by atoms with Crippen molar-refractivity contribution in [3.8, 4) is 0 Å². The summed E-state index contributed by atoms with van der Waals surface area (Å²) in [7, 11) is 1.51. The maximum Gasteiger partial charge on any atom is 0.303 e. The van der Waals surface area contributed by atoms with Gasteiger partial charge in [-0.05, 0) is 6.42 Å². The minimum atomic E-state index is -1.05. The molecule has 104 valence electrons. The Kier molecular flexibility index (Phi) is 2.95. The van der Waals surface area contributed by atoms with E-state index in [-0.39, 0.29) is 36.5 Å². The standard InChI is InChI=1S/C11H16N4O4/c1-14(7(16)2-3-8(17)18)11-4-6(11)5-15(9(11)19)10(12)13/h6H,2-5H2,1H3,(H3,12,13)(H,17,18). The van der Waals surface area contributed by atoms with Crippen molar-refractivity contribution in [1.82, 2.24) is 9.80 Å². The van der Waals surface area contributed by atoms with Crippen LogP contribution in [0.15, 0.2) is 0 Å². The first kappa shape index (κ1) is 13.3. The molecule has 2 fully saturated rings. The van der Waals surface area contributed by atoms with E-state index >= 15 is 0 Å². The fourth-order valence-corrected chi connectivity index (χ4v) is 2.70. The molecule has 8 heteroatoms. The van der Waals surface area contributed by atoms with Crippen LogP contribution in [-0.4, -0.2) is 57.8 Å². The van der Waals surface area contributed by atoms with Gasteiger partial charge in [-0.15, -0.1) is 0 Å². The van der Waals surface area contributed by atoms with E-state index in [4.69, 9.17) is 16.2 Å². The summed E-state index contributed by atoms with van der Waals surface area (Å²) in [5.74, 6) is -2.08. The van der Waals surface area contributed by atoms with Crippen molar-refractivity contribution in [2.24, 2.45) is 11.7 Å². The molecule has 2 atom stereocenters. The smallest absolute Gasteiger partial charge is 0.303 e. The first-order chi connectivity index (χ1) is 8.80. The Morgan fingerprint density at radius 1 is 1.58 bits per heavy atom. The number of carboxylic acid groups (broad SMARTS) is 1. The molecule has 1 aliphatic carbocycles. The molecule has 1 aliphatic heterocycles. The van der Waals surface area contributed by atoms with Crippen molar-refractivity contribution in [2.75, 3.05) is 13.6 Å². The molecule has 1 saturated heterocycles. The van der Waals surface area contributed by atoms with Crippen molar-refractivity contribution >= 4 is 23.7 Å². The monoisotopic (exact) mass is 268 g/mol. The molecule has 2 aliphatic rings. The van der Waals surface area contributed by atoms with Gasteiger partial charge in [0.05, 0.1) is 6.42 Å². The van der Waals surface area contributed by atoms with E-state index in [1.807, 2.05) is 0 Å². The van der Waals surface area contributed by atoms with Crippen LogP contribution in [0.4, 0.5) is 0 Å². The van der Waals surface area contributed by atoms with E-state index in [0.717, 1.165) is 4.90 Å². The number of likely N-dealkylation sites (N-methyl/N-ethyl adjacent to an activating group) is 1. The highest BCUT2D eigenvalue weighted by molar-refractivity contribution is 6.06. The van der Waals surface area contributed by atoms with Crippen LogP contribution >= 0.6 is 0 Å². The number of aliphatic carboxylic acids is 1. The molecule has 8 nitrogen and oxygen atoms in total. The largest absolute Gasteiger partial charge is 0.481 e. The highest BCUT2D eigenvalue weighted by Crippen LogP contribution is 2.54. The number of carbonyl (C=O) groups is 3. The van der Waals surface area contributed by atoms with Crippen LogP contribution in [0, 0.1) is 11.3 Å². The maximum absolute atomic E-state index is 12.2. The van der Waals surface area contributed by atoms with Crippen molar-refractivity contribution in [3.63, 3.8) is 0 Å². The fraction of sp³-hybridized carbons (Fsp3) is 0.636. The van der Waals surface area contributed by atoms with Crippen molar-refractivity contribution in [2.45, 2.75) is 24.8 Å². The molecule has 19 heavy (non-hydrogen) atoms. The van der Waals surface area contributed by atoms with Crippen molar-refractivity contribution in [1.29, 1.82) is 5.41 Å². The predicted octanol–water partition coefficient (Wildman–Crippen LogP) is -1.20. The van der Waals surface area contributed by atoms with Crippen LogP contribution in [0.2, 0.25) is 0 Å². The van der Waals surface area contributed by atoms with Crippen LogP contribution in [0.1, 0.15) is 19.3 Å². The molecule has 0 aromatic rings. The average molecular weight is 268 g/mol. The second-order valence-corrected chi connectivity index (χ2v) is 4.97. The van der Waals surface area contributed by atoms with Crippen molar-refractivity contribution in [3.05, 3.63) is 0 Å². The van der Waals surface area contributed by atoms with E-state index in [2.05, 4.69) is 0 Å². The Morgan fingerprint density at radius 3 is 2.68 bits per heavy atom. The summed E-state index contributed by atoms with van der Waals surface area (Å²) in [5, 5.41) is 15.9. The van der Waals surface area contributed by atoms with Gasteiger partial charge in [0, 0.05) is 25.9 Å². The number of hydrogen-bond donors (Lipinski definition) is 3. The number of piperidine rings is 1. The van der Waals surface area contributed by atoms with E-state index in [1.54, 1.807) is 0 Å². The zero-order chi connectivity index (χ0) is 14.4. The third-order valence-corrected chi connectivity index (χ3v) is 3.91. The van der Waals surface area contributed by atoms with Crippen molar-refractivity contribution < 1.29 is 19.5 Å². The fourth-order valence-electron chi connectivity index (χ4n) is 2.70. The summed E-state index contributed by atoms with van der Waals surface area (Å²) in [5.41, 5.74) is 4.41. The lowest BCUT2D eigenvalue weighted by atomic mass is 10.1. The summed E-state index contributed by atoms with van der Waals surface area (Å²) in [6, 6.07) is 0. The van der Waals surface area contributed by atoms with Crippen LogP contribution in [0.5, 0.6) is 0 Å². The quantitative estimate of drug-likeness (QED) is 0.436. The summed E-state index contributed by atoms with van der Waals surface area (Å²) in [4.78, 5) is 37.0. The number of nitrogens with two attached hydrogens (primary N) is 1. The van der Waals surface area contributed by atoms with Gasteiger partial charge in [-0.2, -0.15) is 0 Å². The molecular weight excluding hydrogens is 252 g/mol. The first-order valence-electron chi connectivity index (χ1n) is 5.95. The van der Waals surface area contributed by atoms with Gasteiger partial charge >= 0.3 is 5.97 Å². The number of rotatable bonds is 4. The Labute approximate surface area is 109 Å². The second kappa shape index (κ2) is 4.22. The Hall–Kier alpha value is -2.12. The van der Waals surface area contributed by atoms with E-state index in [9.17, 15) is 14.4 Å². The number of likely N-dealkylation sites (tertiary alicyclic amines) is 1. The lowest BCUT2D eigenvalue weighted by Crippen LogP contribution is -2.50. The van der Waals surface area contributed by atoms with Crippen LogP contribution < -0.4 is 5.73 Å². The maximum atomic E-state index is 12.2. The Morgan fingerprint density at radius 2 is 2.21 bits per heavy atom. The van der Waals surface area contributed by atoms with Crippen LogP contribution in [-0.2, 0) is 14.4 Å². The zero-order valence-electron chi connectivity index (χ0n) is 10.5. The van der Waals surface area contributed by atoms with E-state index < -0.39 is 11.5 Å². The lowest BCUT2D eigenvalue weighted by Gasteiger charge is -2.27. The predicted molar refractivity (Wildman–Crippen MR) is 64.1 cm³/mol. The summed E-state index contributed by atoms with van der Waals surface area (Å²) >= 11 is 0. The number of nitrogens with one attached hydrogen (secondary N) is 1. The summed E-state index contributed by atoms with van der Waals surface area (Å²) in [6.45, 7) is 0.352. The molecule has 0 bridgehead atoms. The van der Waals surface area contributed by atoms with Gasteiger partial charge in [0.15, 0.2) is 5.96 Å². The van der Waals surface area contributed by atoms with E-state index in [1.165, 1.54) is 11.9 Å². The number of fused-ring (bicyclic) bond motifs is 1. The van der Waals surface area contributed by atoms with Gasteiger partial charge in [0.2, 0.25) is 5.91 Å². The summed E-state index contributed by atoms with van der Waals surface area (Å²) < 4.78 is 0.